The predicted molar refractivity (Wildman–Crippen MR) is 219 cm³/mol. The van der Waals surface area contributed by atoms with E-state index in [0.717, 1.165) is 30.4 Å². The fraction of sp³-hybridized carbons (Fsp3) is 0.458. The van der Waals surface area contributed by atoms with Gasteiger partial charge in [-0.05, 0) is 97.8 Å². The summed E-state index contributed by atoms with van der Waals surface area (Å²) in [7, 11) is 0. The zero-order chi connectivity index (χ0) is 35.9. The van der Waals surface area contributed by atoms with Gasteiger partial charge in [0.15, 0.2) is 0 Å². The quantitative estimate of drug-likeness (QED) is 0.146. The van der Waals surface area contributed by atoms with Crippen LogP contribution in [0.3, 0.4) is 0 Å². The average molecular weight is 660 g/mol. The van der Waals surface area contributed by atoms with Crippen LogP contribution in [0.2, 0.25) is 0 Å². The van der Waals surface area contributed by atoms with E-state index in [9.17, 15) is 0 Å². The van der Waals surface area contributed by atoms with Gasteiger partial charge >= 0.3 is 0 Å². The van der Waals surface area contributed by atoms with E-state index in [1.165, 1.54) is 91.4 Å². The molecule has 0 aliphatic carbocycles. The maximum absolute atomic E-state index is 4.02. The van der Waals surface area contributed by atoms with Crippen molar-refractivity contribution >= 4 is 5.57 Å². The van der Waals surface area contributed by atoms with Crippen LogP contribution in [-0.4, -0.2) is 18.0 Å². The molecule has 4 aromatic carbocycles. The van der Waals surface area contributed by atoms with Crippen molar-refractivity contribution in [3.8, 4) is 0 Å². The second-order valence-corrected chi connectivity index (χ2v) is 13.8. The molecular formula is C48H69N. The van der Waals surface area contributed by atoms with Crippen molar-refractivity contribution in [1.82, 2.24) is 4.90 Å². The number of aryl methyl sites for hydroxylation is 1. The molecule has 1 heteroatoms. The van der Waals surface area contributed by atoms with Gasteiger partial charge in [-0.3, -0.25) is 4.90 Å². The number of rotatable bonds is 12. The van der Waals surface area contributed by atoms with Crippen molar-refractivity contribution < 1.29 is 0 Å². The Morgan fingerprint density at radius 1 is 0.735 bits per heavy atom. The molecule has 0 amide bonds. The first-order valence-electron chi connectivity index (χ1n) is 19.5. The molecule has 1 unspecified atom stereocenters. The van der Waals surface area contributed by atoms with E-state index in [1.807, 2.05) is 13.8 Å². The van der Waals surface area contributed by atoms with E-state index < -0.39 is 0 Å². The molecule has 1 aliphatic heterocycles. The highest BCUT2D eigenvalue weighted by Crippen LogP contribution is 2.29. The summed E-state index contributed by atoms with van der Waals surface area (Å²) in [4.78, 5) is 2.56. The number of allylic oxidation sites excluding steroid dienone is 1. The van der Waals surface area contributed by atoms with Gasteiger partial charge in [-0.25, -0.2) is 0 Å². The minimum atomic E-state index is 0.530. The summed E-state index contributed by atoms with van der Waals surface area (Å²) in [6.07, 6.45) is 10.4. The van der Waals surface area contributed by atoms with Crippen LogP contribution >= 0.6 is 0 Å². The second kappa shape index (κ2) is 24.7. The number of nitrogens with zero attached hydrogens (tertiary/aromatic N) is 1. The molecule has 1 heterocycles. The molecule has 266 valence electrons. The molecule has 1 aliphatic rings. The zero-order valence-corrected chi connectivity index (χ0v) is 32.6. The molecule has 0 N–H and O–H groups in total. The minimum absolute atomic E-state index is 0.530. The Labute approximate surface area is 302 Å². The highest BCUT2D eigenvalue weighted by molar-refractivity contribution is 5.61. The molecule has 0 radical (unpaired) electrons. The molecular weight excluding hydrogens is 591 g/mol. The van der Waals surface area contributed by atoms with Gasteiger partial charge in [0.1, 0.15) is 0 Å². The van der Waals surface area contributed by atoms with Gasteiger partial charge in [0.25, 0.3) is 0 Å². The summed E-state index contributed by atoms with van der Waals surface area (Å²) in [5.74, 6) is 2.31. The third-order valence-electron chi connectivity index (χ3n) is 9.64. The number of likely N-dealkylation sites (tertiary alicyclic amines) is 1. The van der Waals surface area contributed by atoms with Crippen LogP contribution in [-0.2, 0) is 13.0 Å². The van der Waals surface area contributed by atoms with E-state index >= 15 is 0 Å². The van der Waals surface area contributed by atoms with E-state index in [1.54, 1.807) is 0 Å². The SMILES string of the molecule is C=C(C)c1cccc(CC(CCC)CCC)c1.CC.CC1CCN(Cc2ccccc2)CC1.CCC(c1ccccc1)c1ccccc1C. The first-order valence-corrected chi connectivity index (χ1v) is 19.5. The molecule has 0 bridgehead atoms. The second-order valence-electron chi connectivity index (χ2n) is 13.8. The molecule has 1 atom stereocenters. The highest BCUT2D eigenvalue weighted by atomic mass is 15.1. The Kier molecular flexibility index (Phi) is 21.0. The summed E-state index contributed by atoms with van der Waals surface area (Å²) in [5.41, 5.74) is 9.62. The van der Waals surface area contributed by atoms with E-state index in [-0.39, 0.29) is 0 Å². The summed E-state index contributed by atoms with van der Waals surface area (Å²) in [5, 5.41) is 0. The molecule has 1 saturated heterocycles. The summed E-state index contributed by atoms with van der Waals surface area (Å²) in [6, 6.07) is 39.1. The number of piperidine rings is 1. The van der Waals surface area contributed by atoms with Crippen molar-refractivity contribution in [2.24, 2.45) is 11.8 Å². The average Bonchev–Trinajstić information content (AvgIpc) is 3.13. The van der Waals surface area contributed by atoms with Crippen LogP contribution in [0.4, 0.5) is 0 Å². The zero-order valence-electron chi connectivity index (χ0n) is 32.6. The maximum atomic E-state index is 4.02. The van der Waals surface area contributed by atoms with Gasteiger partial charge in [-0.15, -0.1) is 0 Å². The number of hydrogen-bond donors (Lipinski definition) is 0. The molecule has 0 aromatic heterocycles. The molecule has 1 nitrogen and oxygen atoms in total. The Morgan fingerprint density at radius 2 is 1.29 bits per heavy atom. The number of benzene rings is 4. The van der Waals surface area contributed by atoms with Crippen molar-refractivity contribution in [2.45, 2.75) is 119 Å². The molecule has 1 fully saturated rings. The third kappa shape index (κ3) is 15.8. The molecule has 4 aromatic rings. The van der Waals surface area contributed by atoms with E-state index in [2.05, 4.69) is 162 Å². The molecule has 5 rings (SSSR count). The van der Waals surface area contributed by atoms with E-state index in [0.29, 0.717) is 5.92 Å². The van der Waals surface area contributed by atoms with Crippen molar-refractivity contribution in [3.63, 3.8) is 0 Å². The lowest BCUT2D eigenvalue weighted by Crippen LogP contribution is -2.32. The van der Waals surface area contributed by atoms with Crippen LogP contribution in [0.1, 0.15) is 133 Å². The Bertz CT molecular complexity index is 1390. The Morgan fingerprint density at radius 3 is 1.84 bits per heavy atom. The Balaban J connectivity index is 0.000000249. The van der Waals surface area contributed by atoms with Gasteiger partial charge in [-0.1, -0.05) is 189 Å². The third-order valence-corrected chi connectivity index (χ3v) is 9.64. The lowest BCUT2D eigenvalue weighted by atomic mass is 9.87. The topological polar surface area (TPSA) is 3.24 Å². The van der Waals surface area contributed by atoms with E-state index in [4.69, 9.17) is 0 Å². The molecule has 0 saturated carbocycles. The Hall–Kier alpha value is -3.42. The first-order chi connectivity index (χ1) is 23.8. The first kappa shape index (κ1) is 41.7. The summed E-state index contributed by atoms with van der Waals surface area (Å²) < 4.78 is 0. The minimum Gasteiger partial charge on any atom is -0.299 e. The van der Waals surface area contributed by atoms with Crippen molar-refractivity contribution in [3.05, 3.63) is 149 Å². The van der Waals surface area contributed by atoms with Crippen LogP contribution in [0, 0.1) is 18.8 Å². The predicted octanol–water partition coefficient (Wildman–Crippen LogP) is 14.0. The lowest BCUT2D eigenvalue weighted by molar-refractivity contribution is 0.185. The molecule has 0 spiro atoms. The smallest absolute Gasteiger partial charge is 0.0233 e. The van der Waals surface area contributed by atoms with Gasteiger partial charge in [-0.2, -0.15) is 0 Å². The lowest BCUT2D eigenvalue weighted by Gasteiger charge is -2.30. The van der Waals surface area contributed by atoms with Crippen LogP contribution < -0.4 is 0 Å². The largest absolute Gasteiger partial charge is 0.299 e. The standard InChI is InChI=1S/C17H26.C16H18.C13H19N.C2H6/c1-5-8-15(9-6-2)12-16-10-7-11-17(13-16)14(3)4;1-3-15(14-10-5-4-6-11-14)16-12-8-7-9-13(16)2;1-12-7-9-14(10-8-12)11-13-5-3-2-4-6-13;1-2/h7,10-11,13,15H,3,5-6,8-9,12H2,1-2,4H3;4-12,15H,3H2,1-2H3;2-6,12H,7-11H2,1H3;1-2H3. The van der Waals surface area contributed by atoms with Crippen molar-refractivity contribution in [1.29, 1.82) is 0 Å². The summed E-state index contributed by atoms with van der Waals surface area (Å²) in [6.45, 7) is 25.2. The fourth-order valence-corrected chi connectivity index (χ4v) is 6.82. The van der Waals surface area contributed by atoms with Crippen LogP contribution in [0.25, 0.3) is 5.57 Å². The van der Waals surface area contributed by atoms with Gasteiger partial charge in [0.2, 0.25) is 0 Å². The van der Waals surface area contributed by atoms with Crippen molar-refractivity contribution in [2.75, 3.05) is 13.1 Å². The van der Waals surface area contributed by atoms with Gasteiger partial charge in [0, 0.05) is 12.5 Å². The molecule has 49 heavy (non-hydrogen) atoms. The van der Waals surface area contributed by atoms with Gasteiger partial charge in [0.05, 0.1) is 0 Å². The van der Waals surface area contributed by atoms with Gasteiger partial charge < -0.3 is 0 Å². The monoisotopic (exact) mass is 660 g/mol. The maximum Gasteiger partial charge on any atom is 0.0233 e. The normalized spacial score (nSPS) is 13.6. The summed E-state index contributed by atoms with van der Waals surface area (Å²) >= 11 is 0. The van der Waals surface area contributed by atoms with Crippen LogP contribution in [0.15, 0.2) is 116 Å². The number of hydrogen-bond acceptors (Lipinski definition) is 1. The fourth-order valence-electron chi connectivity index (χ4n) is 6.82. The van der Waals surface area contributed by atoms with Crippen LogP contribution in [0.5, 0.6) is 0 Å². The highest BCUT2D eigenvalue weighted by Gasteiger charge is 2.15.